The quantitative estimate of drug-likeness (QED) is 0.548. The molecule has 0 aromatic carbocycles. The summed E-state index contributed by atoms with van der Waals surface area (Å²) in [6, 6.07) is 0. The van der Waals surface area contributed by atoms with Gasteiger partial charge in [-0.05, 0) is 12.8 Å². The monoisotopic (exact) mass is 273 g/mol. The van der Waals surface area contributed by atoms with E-state index in [1.165, 1.54) is 25.7 Å². The highest BCUT2D eigenvalue weighted by molar-refractivity contribution is 5.80. The molecule has 0 spiro atoms. The molecule has 4 nitrogen and oxygen atoms in total. The minimum atomic E-state index is -1.01. The molecule has 19 heavy (non-hydrogen) atoms. The number of hydrogen-bond acceptors (Lipinski definition) is 2. The van der Waals surface area contributed by atoms with Gasteiger partial charge in [0.25, 0.3) is 0 Å². The predicted molar refractivity (Wildman–Crippen MR) is 81.2 cm³/mol. The van der Waals surface area contributed by atoms with E-state index in [4.69, 9.17) is 5.11 Å². The lowest BCUT2D eigenvalue weighted by atomic mass is 10.3. The highest BCUT2D eigenvalue weighted by Gasteiger charge is 2.00. The molecule has 0 fully saturated rings. The van der Waals surface area contributed by atoms with E-state index in [0.717, 1.165) is 6.42 Å². The average molecular weight is 273 g/mol. The molecule has 0 aromatic rings. The van der Waals surface area contributed by atoms with Crippen LogP contribution in [0.25, 0.3) is 0 Å². The molecular formula is C15H31NO3. The van der Waals surface area contributed by atoms with E-state index in [-0.39, 0.29) is 12.5 Å². The largest absolute Gasteiger partial charge is 0.480 e. The van der Waals surface area contributed by atoms with Crippen LogP contribution >= 0.6 is 0 Å². The minimum Gasteiger partial charge on any atom is -0.480 e. The van der Waals surface area contributed by atoms with Crippen molar-refractivity contribution in [2.24, 2.45) is 0 Å². The summed E-state index contributed by atoms with van der Waals surface area (Å²) in [6.07, 6.45) is 8.11. The Labute approximate surface area is 118 Å². The zero-order valence-corrected chi connectivity index (χ0v) is 13.0. The van der Waals surface area contributed by atoms with Crippen LogP contribution in [0.5, 0.6) is 0 Å². The topological polar surface area (TPSA) is 66.4 Å². The maximum Gasteiger partial charge on any atom is 0.322 e. The number of hydrogen-bond donors (Lipinski definition) is 2. The summed E-state index contributed by atoms with van der Waals surface area (Å²) in [7, 11) is 0. The number of carbonyl (C=O) groups is 2. The maximum atomic E-state index is 10.6. The van der Waals surface area contributed by atoms with Crippen molar-refractivity contribution in [1.82, 2.24) is 5.32 Å². The molecule has 0 rings (SSSR count). The van der Waals surface area contributed by atoms with Crippen LogP contribution in [-0.4, -0.2) is 23.5 Å². The second kappa shape index (κ2) is 21.9. The molecule has 0 unspecified atom stereocenters. The number of carboxylic acid groups (broad SMARTS) is 1. The normalized spacial score (nSPS) is 8.21. The Kier molecular flexibility index (Phi) is 26.3. The van der Waals surface area contributed by atoms with Crippen LogP contribution in [0.1, 0.15) is 66.2 Å². The minimum absolute atomic E-state index is 0.204. The predicted octanol–water partition coefficient (Wildman–Crippen LogP) is 3.77. The van der Waals surface area contributed by atoms with Crippen molar-refractivity contribution in [3.8, 4) is 0 Å². The Morgan fingerprint density at radius 2 is 1.68 bits per heavy atom. The van der Waals surface area contributed by atoms with Gasteiger partial charge in [0, 0.05) is 6.42 Å². The molecular weight excluding hydrogens is 242 g/mol. The van der Waals surface area contributed by atoms with Gasteiger partial charge in [0.2, 0.25) is 5.91 Å². The molecule has 0 radical (unpaired) electrons. The number of amides is 1. The fraction of sp³-hybridized carbons (Fsp3) is 0.733. The molecule has 0 aliphatic rings. The molecule has 0 bridgehead atoms. The highest BCUT2D eigenvalue weighted by Crippen LogP contribution is 1.91. The fourth-order valence-corrected chi connectivity index (χ4v) is 0.838. The third kappa shape index (κ3) is 38.4. The van der Waals surface area contributed by atoms with E-state index in [9.17, 15) is 9.59 Å². The molecule has 0 aromatic heterocycles. The lowest BCUT2D eigenvalue weighted by Crippen LogP contribution is -2.28. The molecule has 0 aliphatic carbocycles. The SMILES string of the molecule is C=CCCCC.CCC.CCCC(=O)NCC(=O)O. The van der Waals surface area contributed by atoms with Gasteiger partial charge in [-0.3, -0.25) is 9.59 Å². The number of rotatable bonds is 7. The van der Waals surface area contributed by atoms with Crippen LogP contribution in [0, 0.1) is 0 Å². The summed E-state index contributed by atoms with van der Waals surface area (Å²) in [5.41, 5.74) is 0. The van der Waals surface area contributed by atoms with Crippen LogP contribution in [0.2, 0.25) is 0 Å². The van der Waals surface area contributed by atoms with Gasteiger partial charge in [-0.15, -0.1) is 6.58 Å². The third-order valence-corrected chi connectivity index (χ3v) is 1.68. The lowest BCUT2D eigenvalue weighted by Gasteiger charge is -1.97. The number of allylic oxidation sites excluding steroid dienone is 1. The molecule has 0 heterocycles. The maximum absolute atomic E-state index is 10.6. The third-order valence-electron chi connectivity index (χ3n) is 1.68. The van der Waals surface area contributed by atoms with E-state index in [1.54, 1.807) is 0 Å². The van der Waals surface area contributed by atoms with Gasteiger partial charge in [-0.1, -0.05) is 53.0 Å². The summed E-state index contributed by atoms with van der Waals surface area (Å²) in [5.74, 6) is -1.21. The van der Waals surface area contributed by atoms with E-state index < -0.39 is 5.97 Å². The summed E-state index contributed by atoms with van der Waals surface area (Å²) in [4.78, 5) is 20.5. The summed E-state index contributed by atoms with van der Waals surface area (Å²) < 4.78 is 0. The van der Waals surface area contributed by atoms with Crippen LogP contribution in [-0.2, 0) is 9.59 Å². The Morgan fingerprint density at radius 3 is 1.95 bits per heavy atom. The smallest absolute Gasteiger partial charge is 0.322 e. The number of nitrogens with one attached hydrogen (secondary N) is 1. The fourth-order valence-electron chi connectivity index (χ4n) is 0.838. The first-order valence-electron chi connectivity index (χ1n) is 7.09. The van der Waals surface area contributed by atoms with Gasteiger partial charge in [-0.2, -0.15) is 0 Å². The van der Waals surface area contributed by atoms with Crippen LogP contribution in [0.4, 0.5) is 0 Å². The van der Waals surface area contributed by atoms with Crippen LogP contribution in [0.3, 0.4) is 0 Å². The first-order valence-corrected chi connectivity index (χ1v) is 7.09. The van der Waals surface area contributed by atoms with Crippen molar-refractivity contribution < 1.29 is 14.7 Å². The second-order valence-electron chi connectivity index (χ2n) is 4.06. The molecule has 114 valence electrons. The molecule has 0 saturated heterocycles. The standard InChI is InChI=1S/C6H11NO3.C6H12.C3H8/c1-2-3-5(8)7-4-6(9)10;1-3-5-6-4-2;1-3-2/h2-4H2,1H3,(H,7,8)(H,9,10);3H,1,4-6H2,2H3;3H2,1-2H3. The van der Waals surface area contributed by atoms with Crippen molar-refractivity contribution in [2.75, 3.05) is 6.54 Å². The van der Waals surface area contributed by atoms with Gasteiger partial charge < -0.3 is 10.4 Å². The number of carboxylic acids is 1. The lowest BCUT2D eigenvalue weighted by molar-refractivity contribution is -0.137. The van der Waals surface area contributed by atoms with Gasteiger partial charge in [0.15, 0.2) is 0 Å². The zero-order valence-electron chi connectivity index (χ0n) is 13.0. The number of unbranched alkanes of at least 4 members (excludes halogenated alkanes) is 2. The first kappa shape index (κ1) is 22.8. The van der Waals surface area contributed by atoms with Gasteiger partial charge in [-0.25, -0.2) is 0 Å². The van der Waals surface area contributed by atoms with E-state index in [0.29, 0.717) is 6.42 Å². The Bertz CT molecular complexity index is 215. The molecule has 0 saturated carbocycles. The van der Waals surface area contributed by atoms with E-state index in [2.05, 4.69) is 32.7 Å². The highest BCUT2D eigenvalue weighted by atomic mass is 16.4. The molecule has 0 atom stereocenters. The van der Waals surface area contributed by atoms with E-state index >= 15 is 0 Å². The first-order chi connectivity index (χ1) is 8.99. The van der Waals surface area contributed by atoms with Crippen LogP contribution < -0.4 is 5.32 Å². The summed E-state index contributed by atoms with van der Waals surface area (Å²) >= 11 is 0. The molecule has 4 heteroatoms. The Morgan fingerprint density at radius 1 is 1.16 bits per heavy atom. The van der Waals surface area contributed by atoms with Gasteiger partial charge in [0.05, 0.1) is 0 Å². The van der Waals surface area contributed by atoms with E-state index in [1.807, 2.05) is 13.0 Å². The number of carbonyl (C=O) groups excluding carboxylic acids is 1. The number of aliphatic carboxylic acids is 1. The van der Waals surface area contributed by atoms with Crippen LogP contribution in [0.15, 0.2) is 12.7 Å². The molecule has 0 aliphatic heterocycles. The average Bonchev–Trinajstić information content (AvgIpc) is 2.36. The summed E-state index contributed by atoms with van der Waals surface area (Å²) in [5, 5.41) is 10.4. The van der Waals surface area contributed by atoms with Crippen molar-refractivity contribution >= 4 is 11.9 Å². The molecule has 1 amide bonds. The Balaban J connectivity index is -0.000000242. The van der Waals surface area contributed by atoms with Crippen molar-refractivity contribution in [1.29, 1.82) is 0 Å². The second-order valence-corrected chi connectivity index (χ2v) is 4.06. The van der Waals surface area contributed by atoms with Crippen molar-refractivity contribution in [3.63, 3.8) is 0 Å². The van der Waals surface area contributed by atoms with Gasteiger partial charge >= 0.3 is 5.97 Å². The van der Waals surface area contributed by atoms with Gasteiger partial charge in [0.1, 0.15) is 6.54 Å². The zero-order chi connectivity index (χ0) is 15.5. The molecule has 2 N–H and O–H groups in total. The van der Waals surface area contributed by atoms with Crippen molar-refractivity contribution in [3.05, 3.63) is 12.7 Å². The summed E-state index contributed by atoms with van der Waals surface area (Å²) in [6.45, 7) is 11.6. The van der Waals surface area contributed by atoms with Crippen molar-refractivity contribution in [2.45, 2.75) is 66.2 Å². The Hall–Kier alpha value is -1.32.